The number of amides is 1. The minimum absolute atomic E-state index is 0.0350. The maximum Gasteiger partial charge on any atom is 0.220 e. The molecule has 3 nitrogen and oxygen atoms in total. The Hall–Kier alpha value is -0.900. The summed E-state index contributed by atoms with van der Waals surface area (Å²) in [6.45, 7) is 5.92. The van der Waals surface area contributed by atoms with Crippen molar-refractivity contribution in [2.75, 3.05) is 0 Å². The third-order valence-corrected chi connectivity index (χ3v) is 3.31. The zero-order valence-electron chi connectivity index (χ0n) is 8.83. The van der Waals surface area contributed by atoms with Crippen molar-refractivity contribution in [2.45, 2.75) is 39.7 Å². The molecular formula is C10H16N2OS. The van der Waals surface area contributed by atoms with Crippen molar-refractivity contribution in [3.8, 4) is 0 Å². The van der Waals surface area contributed by atoms with Crippen LogP contribution in [0.4, 0.5) is 0 Å². The van der Waals surface area contributed by atoms with E-state index in [4.69, 9.17) is 0 Å². The fourth-order valence-electron chi connectivity index (χ4n) is 1.09. The molecule has 0 spiro atoms. The van der Waals surface area contributed by atoms with Crippen LogP contribution in [-0.2, 0) is 11.2 Å². The molecule has 0 saturated carbocycles. The maximum absolute atomic E-state index is 11.1. The van der Waals surface area contributed by atoms with Gasteiger partial charge in [-0.3, -0.25) is 4.79 Å². The van der Waals surface area contributed by atoms with Gasteiger partial charge in [0.2, 0.25) is 5.91 Å². The maximum atomic E-state index is 11.1. The second-order valence-electron chi connectivity index (χ2n) is 3.16. The number of rotatable bonds is 4. The lowest BCUT2D eigenvalue weighted by molar-refractivity contribution is -0.121. The molecule has 0 radical (unpaired) electrons. The molecule has 1 aromatic heterocycles. The van der Waals surface area contributed by atoms with Crippen molar-refractivity contribution in [1.82, 2.24) is 10.3 Å². The summed E-state index contributed by atoms with van der Waals surface area (Å²) in [6.07, 6.45) is 3.41. The Morgan fingerprint density at radius 1 is 1.64 bits per heavy atom. The summed E-state index contributed by atoms with van der Waals surface area (Å²) in [5.41, 5.74) is 0. The van der Waals surface area contributed by atoms with Gasteiger partial charge in [-0.15, -0.1) is 11.3 Å². The minimum atomic E-state index is 0.0350. The second-order valence-corrected chi connectivity index (χ2v) is 4.31. The first-order valence-electron chi connectivity index (χ1n) is 4.91. The molecule has 1 heterocycles. The van der Waals surface area contributed by atoms with E-state index < -0.39 is 0 Å². The van der Waals surface area contributed by atoms with Gasteiger partial charge in [0.25, 0.3) is 0 Å². The minimum Gasteiger partial charge on any atom is -0.347 e. The number of carbonyl (C=O) groups excluding carboxylic acids is 1. The van der Waals surface area contributed by atoms with Gasteiger partial charge in [-0.2, -0.15) is 0 Å². The van der Waals surface area contributed by atoms with Crippen molar-refractivity contribution in [3.05, 3.63) is 16.1 Å². The Kier molecular flexibility index (Phi) is 4.07. The highest BCUT2D eigenvalue weighted by atomic mass is 32.1. The summed E-state index contributed by atoms with van der Waals surface area (Å²) < 4.78 is 0. The van der Waals surface area contributed by atoms with E-state index in [9.17, 15) is 4.79 Å². The Balaban J connectivity index is 2.60. The third-order valence-electron chi connectivity index (χ3n) is 1.99. The zero-order chi connectivity index (χ0) is 10.6. The SMILES string of the molecule is CCC(=O)NC(C)c1ncc(CC)s1. The summed E-state index contributed by atoms with van der Waals surface area (Å²) in [5, 5.41) is 3.88. The highest BCUT2D eigenvalue weighted by molar-refractivity contribution is 7.11. The van der Waals surface area contributed by atoms with E-state index in [1.54, 1.807) is 11.3 Å². The van der Waals surface area contributed by atoms with Gasteiger partial charge in [0, 0.05) is 17.5 Å². The standard InChI is InChI=1S/C10H16N2OS/c1-4-8-6-11-10(14-8)7(3)12-9(13)5-2/h6-7H,4-5H2,1-3H3,(H,12,13). The van der Waals surface area contributed by atoms with E-state index in [1.165, 1.54) is 4.88 Å². The fourth-order valence-corrected chi connectivity index (χ4v) is 1.95. The predicted molar refractivity (Wildman–Crippen MR) is 58.3 cm³/mol. The van der Waals surface area contributed by atoms with Crippen LogP contribution in [0.25, 0.3) is 0 Å². The molecule has 0 bridgehead atoms. The second kappa shape index (κ2) is 5.10. The molecule has 1 rings (SSSR count). The van der Waals surface area contributed by atoms with Gasteiger partial charge >= 0.3 is 0 Å². The largest absolute Gasteiger partial charge is 0.347 e. The van der Waals surface area contributed by atoms with Crippen LogP contribution in [0, 0.1) is 0 Å². The van der Waals surface area contributed by atoms with Crippen molar-refractivity contribution < 1.29 is 4.79 Å². The molecular weight excluding hydrogens is 196 g/mol. The van der Waals surface area contributed by atoms with Crippen molar-refractivity contribution in [2.24, 2.45) is 0 Å². The molecule has 0 aliphatic heterocycles. The van der Waals surface area contributed by atoms with Crippen LogP contribution in [-0.4, -0.2) is 10.9 Å². The van der Waals surface area contributed by atoms with Crippen LogP contribution in [0.1, 0.15) is 43.1 Å². The number of aryl methyl sites for hydroxylation is 1. The van der Waals surface area contributed by atoms with Crippen LogP contribution in [0.3, 0.4) is 0 Å². The Morgan fingerprint density at radius 2 is 2.36 bits per heavy atom. The van der Waals surface area contributed by atoms with Crippen LogP contribution in [0.5, 0.6) is 0 Å². The van der Waals surface area contributed by atoms with E-state index in [2.05, 4.69) is 17.2 Å². The molecule has 0 saturated heterocycles. The number of nitrogens with zero attached hydrogens (tertiary/aromatic N) is 1. The predicted octanol–water partition coefficient (Wildman–Crippen LogP) is 2.29. The first-order chi connectivity index (χ1) is 6.67. The highest BCUT2D eigenvalue weighted by Gasteiger charge is 2.11. The lowest BCUT2D eigenvalue weighted by atomic mass is 10.3. The summed E-state index contributed by atoms with van der Waals surface area (Å²) >= 11 is 1.67. The third kappa shape index (κ3) is 2.80. The number of hydrogen-bond donors (Lipinski definition) is 1. The van der Waals surface area contributed by atoms with Gasteiger partial charge in [-0.25, -0.2) is 4.98 Å². The molecule has 1 amide bonds. The summed E-state index contributed by atoms with van der Waals surface area (Å²) in [7, 11) is 0. The van der Waals surface area contributed by atoms with Crippen molar-refractivity contribution in [3.63, 3.8) is 0 Å². The average molecular weight is 212 g/mol. The molecule has 1 aromatic rings. The van der Waals surface area contributed by atoms with E-state index in [-0.39, 0.29) is 11.9 Å². The number of thiazole rings is 1. The Bertz CT molecular complexity index is 309. The molecule has 1 N–H and O–H groups in total. The molecule has 14 heavy (non-hydrogen) atoms. The van der Waals surface area contributed by atoms with Gasteiger partial charge in [0.1, 0.15) is 5.01 Å². The molecule has 1 atom stereocenters. The van der Waals surface area contributed by atoms with Gasteiger partial charge in [-0.05, 0) is 13.3 Å². The topological polar surface area (TPSA) is 42.0 Å². The van der Waals surface area contributed by atoms with Gasteiger partial charge < -0.3 is 5.32 Å². The van der Waals surface area contributed by atoms with E-state index in [1.807, 2.05) is 20.0 Å². The van der Waals surface area contributed by atoms with Crippen LogP contribution in [0.15, 0.2) is 6.20 Å². The van der Waals surface area contributed by atoms with Crippen LogP contribution in [0.2, 0.25) is 0 Å². The molecule has 0 aliphatic rings. The number of hydrogen-bond acceptors (Lipinski definition) is 3. The lowest BCUT2D eigenvalue weighted by Crippen LogP contribution is -2.25. The van der Waals surface area contributed by atoms with Gasteiger partial charge in [0.15, 0.2) is 0 Å². The zero-order valence-corrected chi connectivity index (χ0v) is 9.65. The van der Waals surface area contributed by atoms with Crippen LogP contribution < -0.4 is 5.32 Å². The van der Waals surface area contributed by atoms with Crippen LogP contribution >= 0.6 is 11.3 Å². The van der Waals surface area contributed by atoms with E-state index >= 15 is 0 Å². The van der Waals surface area contributed by atoms with Crippen molar-refractivity contribution in [1.29, 1.82) is 0 Å². The Morgan fingerprint density at radius 3 is 2.86 bits per heavy atom. The summed E-state index contributed by atoms with van der Waals surface area (Å²) in [5.74, 6) is 0.0748. The smallest absolute Gasteiger partial charge is 0.220 e. The number of nitrogens with one attached hydrogen (secondary N) is 1. The highest BCUT2D eigenvalue weighted by Crippen LogP contribution is 2.20. The Labute approximate surface area is 88.6 Å². The summed E-state index contributed by atoms with van der Waals surface area (Å²) in [6, 6.07) is 0.0350. The van der Waals surface area contributed by atoms with Crippen molar-refractivity contribution >= 4 is 17.2 Å². The molecule has 78 valence electrons. The fraction of sp³-hybridized carbons (Fsp3) is 0.600. The van der Waals surface area contributed by atoms with Gasteiger partial charge in [0.05, 0.1) is 6.04 Å². The monoisotopic (exact) mass is 212 g/mol. The normalized spacial score (nSPS) is 12.5. The molecule has 0 aromatic carbocycles. The average Bonchev–Trinajstić information content (AvgIpc) is 2.65. The van der Waals surface area contributed by atoms with Gasteiger partial charge in [-0.1, -0.05) is 13.8 Å². The summed E-state index contributed by atoms with van der Waals surface area (Å²) in [4.78, 5) is 16.7. The first-order valence-corrected chi connectivity index (χ1v) is 5.73. The quantitative estimate of drug-likeness (QED) is 0.832. The first kappa shape index (κ1) is 11.2. The molecule has 0 fully saturated rings. The molecule has 1 unspecified atom stereocenters. The molecule has 0 aliphatic carbocycles. The van der Waals surface area contributed by atoms with E-state index in [0.29, 0.717) is 6.42 Å². The number of aromatic nitrogens is 1. The molecule has 4 heteroatoms. The van der Waals surface area contributed by atoms with E-state index in [0.717, 1.165) is 11.4 Å². The lowest BCUT2D eigenvalue weighted by Gasteiger charge is -2.09. The number of carbonyl (C=O) groups is 1.